The van der Waals surface area contributed by atoms with E-state index in [0.717, 1.165) is 32.5 Å². The van der Waals surface area contributed by atoms with Gasteiger partial charge in [0.05, 0.1) is 18.3 Å². The van der Waals surface area contributed by atoms with Crippen LogP contribution < -0.4 is 5.56 Å². The number of aromatic amines is 1. The topological polar surface area (TPSA) is 116 Å². The molecule has 4 rings (SSSR count). The summed E-state index contributed by atoms with van der Waals surface area (Å²) in [6.45, 7) is 3.24. The third-order valence-electron chi connectivity index (χ3n) is 5.10. The molecule has 0 bridgehead atoms. The van der Waals surface area contributed by atoms with Gasteiger partial charge in [0.25, 0.3) is 5.56 Å². The molecule has 2 heterocycles. The van der Waals surface area contributed by atoms with Crippen LogP contribution in [0.2, 0.25) is 0 Å². The maximum atomic E-state index is 13.4. The number of H-pyrrole nitrogens is 1. The van der Waals surface area contributed by atoms with Crippen molar-refractivity contribution in [3.8, 4) is 0 Å². The Hall–Kier alpha value is -2.66. The molecule has 0 saturated carbocycles. The minimum Gasteiger partial charge on any atom is -0.395 e. The molecule has 0 aliphatic rings. The molecule has 2 N–H and O–H groups in total. The summed E-state index contributed by atoms with van der Waals surface area (Å²) < 4.78 is 36.0. The van der Waals surface area contributed by atoms with Crippen LogP contribution in [0, 0.1) is 13.8 Å². The predicted molar refractivity (Wildman–Crippen MR) is 116 cm³/mol. The Bertz CT molecular complexity index is 1410. The summed E-state index contributed by atoms with van der Waals surface area (Å²) in [5.41, 5.74) is 3.53. The predicted octanol–water partition coefficient (Wildman–Crippen LogP) is 2.33. The zero-order valence-electron chi connectivity index (χ0n) is 16.4. The minimum atomic E-state index is -4.02. The van der Waals surface area contributed by atoms with Crippen LogP contribution >= 0.6 is 11.7 Å². The van der Waals surface area contributed by atoms with Crippen LogP contribution in [0.4, 0.5) is 0 Å². The molecule has 0 unspecified atom stereocenters. The van der Waals surface area contributed by atoms with Gasteiger partial charge < -0.3 is 10.1 Å². The second-order valence-corrected chi connectivity index (χ2v) is 9.53. The van der Waals surface area contributed by atoms with Gasteiger partial charge in [-0.25, -0.2) is 8.42 Å². The van der Waals surface area contributed by atoms with Gasteiger partial charge >= 0.3 is 0 Å². The molecule has 0 spiro atoms. The summed E-state index contributed by atoms with van der Waals surface area (Å²) in [6, 6.07) is 10.3. The number of nitrogens with one attached hydrogen (secondary N) is 1. The van der Waals surface area contributed by atoms with E-state index in [-0.39, 0.29) is 35.7 Å². The SMILES string of the molecule is Cc1cc2cc(CN(CCO)S(=O)(=O)c3cccc4nsnc34)c(=O)[nH]c2cc1C. The van der Waals surface area contributed by atoms with Crippen molar-refractivity contribution in [2.24, 2.45) is 0 Å². The second-order valence-electron chi connectivity index (χ2n) is 7.10. The van der Waals surface area contributed by atoms with Crippen molar-refractivity contribution in [3.05, 3.63) is 63.4 Å². The van der Waals surface area contributed by atoms with Crippen molar-refractivity contribution in [1.82, 2.24) is 18.0 Å². The Morgan fingerprint density at radius 2 is 1.90 bits per heavy atom. The van der Waals surface area contributed by atoms with E-state index in [1.165, 1.54) is 6.07 Å². The Morgan fingerprint density at radius 1 is 1.13 bits per heavy atom. The first kappa shape index (κ1) is 20.6. The number of benzene rings is 2. The standard InChI is InChI=1S/C20H20N4O4S2/c1-12-8-14-10-15(20(26)21-17(14)9-13(12)2)11-24(6-7-25)30(27,28)18-5-3-4-16-19(18)23-29-22-16/h3-5,8-10,25H,6-7,11H2,1-2H3,(H,21,26). The number of aryl methyl sites for hydroxylation is 2. The molecule has 8 nitrogen and oxygen atoms in total. The third kappa shape index (κ3) is 3.63. The Kier molecular flexibility index (Phi) is 5.41. The van der Waals surface area contributed by atoms with Gasteiger partial charge in [0.15, 0.2) is 0 Å². The maximum Gasteiger partial charge on any atom is 0.252 e. The van der Waals surface area contributed by atoms with E-state index in [4.69, 9.17) is 0 Å². The molecule has 0 atom stereocenters. The van der Waals surface area contributed by atoms with E-state index in [1.54, 1.807) is 18.2 Å². The van der Waals surface area contributed by atoms with E-state index in [9.17, 15) is 18.3 Å². The third-order valence-corrected chi connectivity index (χ3v) is 7.52. The quantitative estimate of drug-likeness (QED) is 0.472. The Labute approximate surface area is 177 Å². The summed E-state index contributed by atoms with van der Waals surface area (Å²) in [7, 11) is -4.02. The number of aliphatic hydroxyl groups is 1. The number of fused-ring (bicyclic) bond motifs is 2. The largest absolute Gasteiger partial charge is 0.395 e. The smallest absolute Gasteiger partial charge is 0.252 e. The molecule has 10 heteroatoms. The summed E-state index contributed by atoms with van der Waals surface area (Å²) >= 11 is 0.931. The van der Waals surface area contributed by atoms with Crippen molar-refractivity contribution >= 4 is 43.7 Å². The summed E-state index contributed by atoms with van der Waals surface area (Å²) in [5, 5.41) is 10.3. The number of sulfonamides is 1. The summed E-state index contributed by atoms with van der Waals surface area (Å²) in [6.07, 6.45) is 0. The first-order chi connectivity index (χ1) is 14.3. The summed E-state index contributed by atoms with van der Waals surface area (Å²) in [5.74, 6) is 0. The molecule has 156 valence electrons. The highest BCUT2D eigenvalue weighted by Crippen LogP contribution is 2.25. The number of rotatable bonds is 6. The van der Waals surface area contributed by atoms with Crippen LogP contribution in [-0.4, -0.2) is 44.7 Å². The molecule has 0 aliphatic heterocycles. The monoisotopic (exact) mass is 444 g/mol. The van der Waals surface area contributed by atoms with E-state index in [1.807, 2.05) is 26.0 Å². The van der Waals surface area contributed by atoms with Crippen molar-refractivity contribution in [2.75, 3.05) is 13.2 Å². The Balaban J connectivity index is 1.79. The zero-order valence-corrected chi connectivity index (χ0v) is 18.0. The van der Waals surface area contributed by atoms with Gasteiger partial charge in [0.1, 0.15) is 15.9 Å². The van der Waals surface area contributed by atoms with Gasteiger partial charge in [-0.05, 0) is 60.7 Å². The number of hydrogen-bond donors (Lipinski definition) is 2. The maximum absolute atomic E-state index is 13.4. The molecule has 2 aromatic heterocycles. The molecule has 4 aromatic rings. The van der Waals surface area contributed by atoms with Crippen LogP contribution in [0.1, 0.15) is 16.7 Å². The number of pyridine rings is 1. The molecular formula is C20H20N4O4S2. The van der Waals surface area contributed by atoms with Crippen molar-refractivity contribution in [1.29, 1.82) is 0 Å². The molecule has 0 aliphatic carbocycles. The summed E-state index contributed by atoms with van der Waals surface area (Å²) in [4.78, 5) is 15.5. The van der Waals surface area contributed by atoms with E-state index in [0.29, 0.717) is 16.6 Å². The van der Waals surface area contributed by atoms with Gasteiger partial charge in [0, 0.05) is 24.2 Å². The van der Waals surface area contributed by atoms with Gasteiger partial charge in [-0.2, -0.15) is 13.1 Å². The van der Waals surface area contributed by atoms with Gasteiger partial charge in [-0.15, -0.1) is 0 Å². The van der Waals surface area contributed by atoms with E-state index >= 15 is 0 Å². The van der Waals surface area contributed by atoms with Gasteiger partial charge in [0.2, 0.25) is 10.0 Å². The van der Waals surface area contributed by atoms with Crippen molar-refractivity contribution < 1.29 is 13.5 Å². The van der Waals surface area contributed by atoms with Crippen LogP contribution in [0.15, 0.2) is 46.1 Å². The average molecular weight is 445 g/mol. The highest BCUT2D eigenvalue weighted by molar-refractivity contribution is 7.89. The lowest BCUT2D eigenvalue weighted by molar-refractivity contribution is 0.251. The fraction of sp³-hybridized carbons (Fsp3) is 0.250. The Morgan fingerprint density at radius 3 is 2.67 bits per heavy atom. The van der Waals surface area contributed by atoms with Crippen molar-refractivity contribution in [2.45, 2.75) is 25.3 Å². The zero-order chi connectivity index (χ0) is 21.5. The number of aromatic nitrogens is 3. The normalized spacial score (nSPS) is 12.3. The number of nitrogens with zero attached hydrogens (tertiary/aromatic N) is 3. The minimum absolute atomic E-state index is 0.00545. The van der Waals surface area contributed by atoms with Crippen LogP contribution in [0.25, 0.3) is 21.9 Å². The van der Waals surface area contributed by atoms with E-state index < -0.39 is 10.0 Å². The fourth-order valence-electron chi connectivity index (χ4n) is 3.35. The van der Waals surface area contributed by atoms with Crippen LogP contribution in [0.5, 0.6) is 0 Å². The molecule has 0 fully saturated rings. The highest BCUT2D eigenvalue weighted by atomic mass is 32.2. The number of hydrogen-bond acceptors (Lipinski definition) is 7. The number of aliphatic hydroxyl groups excluding tert-OH is 1. The van der Waals surface area contributed by atoms with Crippen LogP contribution in [-0.2, 0) is 16.6 Å². The lowest BCUT2D eigenvalue weighted by Gasteiger charge is -2.21. The van der Waals surface area contributed by atoms with Gasteiger partial charge in [-0.3, -0.25) is 4.79 Å². The van der Waals surface area contributed by atoms with Gasteiger partial charge in [-0.1, -0.05) is 6.07 Å². The first-order valence-corrected chi connectivity index (χ1v) is 11.4. The molecule has 0 saturated heterocycles. The molecule has 0 radical (unpaired) electrons. The van der Waals surface area contributed by atoms with Crippen molar-refractivity contribution in [3.63, 3.8) is 0 Å². The fourth-order valence-corrected chi connectivity index (χ4v) is 5.52. The highest BCUT2D eigenvalue weighted by Gasteiger charge is 2.28. The molecule has 30 heavy (non-hydrogen) atoms. The van der Waals surface area contributed by atoms with E-state index in [2.05, 4.69) is 13.7 Å². The molecule has 0 amide bonds. The lowest BCUT2D eigenvalue weighted by Crippen LogP contribution is -2.35. The van der Waals surface area contributed by atoms with Crippen LogP contribution in [0.3, 0.4) is 0 Å². The second kappa shape index (κ2) is 7.88. The molecule has 2 aromatic carbocycles. The first-order valence-electron chi connectivity index (χ1n) is 9.26. The molecular weight excluding hydrogens is 424 g/mol. The lowest BCUT2D eigenvalue weighted by atomic mass is 10.1. The average Bonchev–Trinajstić information content (AvgIpc) is 3.18.